The molecule has 3 N–H and O–H groups in total. The number of nitriles is 1. The molecule has 0 aliphatic rings. The summed E-state index contributed by atoms with van der Waals surface area (Å²) in [7, 11) is 0. The van der Waals surface area contributed by atoms with E-state index < -0.39 is 0 Å². The van der Waals surface area contributed by atoms with Crippen LogP contribution in [0.3, 0.4) is 0 Å². The molecular formula is C19H19N5O2. The average Bonchev–Trinajstić information content (AvgIpc) is 3.22. The lowest BCUT2D eigenvalue weighted by molar-refractivity contribution is 0.0924. The van der Waals surface area contributed by atoms with Gasteiger partial charge in [0.2, 0.25) is 0 Å². The van der Waals surface area contributed by atoms with Gasteiger partial charge in [0, 0.05) is 12.1 Å². The molecule has 1 aromatic carbocycles. The number of furan rings is 1. The topological polar surface area (TPSA) is 110 Å². The van der Waals surface area contributed by atoms with Crippen molar-refractivity contribution in [2.24, 2.45) is 0 Å². The van der Waals surface area contributed by atoms with E-state index in [9.17, 15) is 10.1 Å². The molecular weight excluding hydrogens is 330 g/mol. The van der Waals surface area contributed by atoms with E-state index in [2.05, 4.69) is 16.5 Å². The lowest BCUT2D eigenvalue weighted by Crippen LogP contribution is -2.25. The largest absolute Gasteiger partial charge is 0.459 e. The second kappa shape index (κ2) is 7.57. The molecule has 0 bridgehead atoms. The third-order valence-corrected chi connectivity index (χ3v) is 4.05. The van der Waals surface area contributed by atoms with Gasteiger partial charge in [0.15, 0.2) is 5.76 Å². The van der Waals surface area contributed by atoms with Crippen LogP contribution in [0.5, 0.6) is 0 Å². The van der Waals surface area contributed by atoms with Crippen LogP contribution >= 0.6 is 0 Å². The quantitative estimate of drug-likeness (QED) is 0.665. The number of nitrogen functional groups attached to an aromatic ring is 1. The van der Waals surface area contributed by atoms with Crippen molar-refractivity contribution in [3.63, 3.8) is 0 Å². The van der Waals surface area contributed by atoms with Crippen molar-refractivity contribution < 1.29 is 9.21 Å². The first-order valence-electron chi connectivity index (χ1n) is 8.27. The summed E-state index contributed by atoms with van der Waals surface area (Å²) in [5, 5.41) is 16.7. The Bertz CT molecular complexity index is 950. The second-order valence-electron chi connectivity index (χ2n) is 5.86. The number of nitrogens with two attached hydrogens (primary N) is 1. The highest BCUT2D eigenvalue weighted by molar-refractivity contribution is 5.92. The molecule has 2 heterocycles. The molecule has 1 amide bonds. The molecule has 0 spiro atoms. The molecule has 0 atom stereocenters. The molecule has 7 heteroatoms. The van der Waals surface area contributed by atoms with Gasteiger partial charge in [-0.15, -0.1) is 0 Å². The van der Waals surface area contributed by atoms with Gasteiger partial charge < -0.3 is 15.5 Å². The fourth-order valence-electron chi connectivity index (χ4n) is 2.68. The van der Waals surface area contributed by atoms with Crippen LogP contribution in [0.15, 0.2) is 47.1 Å². The van der Waals surface area contributed by atoms with Crippen LogP contribution in [0.25, 0.3) is 5.69 Å². The summed E-state index contributed by atoms with van der Waals surface area (Å²) in [5.74, 6) is 0.395. The first-order valence-corrected chi connectivity index (χ1v) is 8.27. The number of anilines is 1. The number of nitrogens with zero attached hydrogens (tertiary/aromatic N) is 3. The van der Waals surface area contributed by atoms with Gasteiger partial charge in [-0.2, -0.15) is 10.4 Å². The minimum atomic E-state index is -0.248. The van der Waals surface area contributed by atoms with Crippen LogP contribution in [0.2, 0.25) is 0 Å². The predicted octanol–water partition coefficient (Wildman–Crippen LogP) is 2.59. The monoisotopic (exact) mass is 349 g/mol. The van der Waals surface area contributed by atoms with Crippen LogP contribution in [0, 0.1) is 18.3 Å². The van der Waals surface area contributed by atoms with Crippen molar-refractivity contribution in [3.8, 4) is 11.8 Å². The zero-order valence-electron chi connectivity index (χ0n) is 14.4. The predicted molar refractivity (Wildman–Crippen MR) is 96.8 cm³/mol. The third-order valence-electron chi connectivity index (χ3n) is 4.05. The zero-order chi connectivity index (χ0) is 18.5. The molecule has 0 fully saturated rings. The van der Waals surface area contributed by atoms with E-state index in [4.69, 9.17) is 10.2 Å². The SMILES string of the molecule is Cc1ccoc1C(=O)NCCCc1nn(-c2ccccc2)c(N)c1C#N. The maximum atomic E-state index is 12.0. The summed E-state index contributed by atoms with van der Waals surface area (Å²) in [6, 6.07) is 13.3. The Morgan fingerprint density at radius 2 is 2.12 bits per heavy atom. The van der Waals surface area contributed by atoms with Gasteiger partial charge in [-0.05, 0) is 38.0 Å². The van der Waals surface area contributed by atoms with Crippen LogP contribution < -0.4 is 11.1 Å². The Morgan fingerprint density at radius 1 is 1.35 bits per heavy atom. The highest BCUT2D eigenvalue weighted by Crippen LogP contribution is 2.21. The van der Waals surface area contributed by atoms with Gasteiger partial charge >= 0.3 is 0 Å². The van der Waals surface area contributed by atoms with E-state index in [-0.39, 0.29) is 5.91 Å². The first-order chi connectivity index (χ1) is 12.6. The summed E-state index contributed by atoms with van der Waals surface area (Å²) >= 11 is 0. The van der Waals surface area contributed by atoms with Crippen LogP contribution in [0.1, 0.15) is 33.8 Å². The Kier molecular flexibility index (Phi) is 5.04. The number of para-hydroxylation sites is 1. The zero-order valence-corrected chi connectivity index (χ0v) is 14.4. The Balaban J connectivity index is 1.64. The lowest BCUT2D eigenvalue weighted by atomic mass is 10.1. The number of hydrogen-bond donors (Lipinski definition) is 2. The van der Waals surface area contributed by atoms with Gasteiger partial charge in [0.05, 0.1) is 17.6 Å². The summed E-state index contributed by atoms with van der Waals surface area (Å²) in [6.45, 7) is 2.26. The lowest BCUT2D eigenvalue weighted by Gasteiger charge is -2.03. The van der Waals surface area contributed by atoms with Crippen molar-refractivity contribution >= 4 is 11.7 Å². The van der Waals surface area contributed by atoms with E-state index in [0.717, 1.165) is 11.3 Å². The maximum absolute atomic E-state index is 12.0. The minimum absolute atomic E-state index is 0.248. The minimum Gasteiger partial charge on any atom is -0.459 e. The fourth-order valence-corrected chi connectivity index (χ4v) is 2.68. The number of carbonyl (C=O) groups is 1. The highest BCUT2D eigenvalue weighted by Gasteiger charge is 2.16. The standard InChI is InChI=1S/C19H19N5O2/c1-13-9-11-26-17(13)19(25)22-10-5-8-16-15(12-20)18(21)24(23-16)14-6-3-2-4-7-14/h2-4,6-7,9,11H,5,8,10,21H2,1H3,(H,22,25). The molecule has 132 valence electrons. The van der Waals surface area contributed by atoms with E-state index in [0.29, 0.717) is 42.2 Å². The molecule has 0 saturated carbocycles. The summed E-state index contributed by atoms with van der Waals surface area (Å²) in [4.78, 5) is 12.0. The Hall–Kier alpha value is -3.53. The van der Waals surface area contributed by atoms with Gasteiger partial charge in [-0.25, -0.2) is 4.68 Å². The van der Waals surface area contributed by atoms with Gasteiger partial charge in [-0.1, -0.05) is 18.2 Å². The number of nitrogens with one attached hydrogen (secondary N) is 1. The molecule has 7 nitrogen and oxygen atoms in total. The molecule has 3 rings (SSSR count). The van der Waals surface area contributed by atoms with E-state index in [1.807, 2.05) is 37.3 Å². The van der Waals surface area contributed by atoms with Crippen molar-refractivity contribution in [2.45, 2.75) is 19.8 Å². The van der Waals surface area contributed by atoms with E-state index in [1.54, 1.807) is 10.7 Å². The van der Waals surface area contributed by atoms with E-state index in [1.165, 1.54) is 6.26 Å². The van der Waals surface area contributed by atoms with Crippen LogP contribution in [-0.4, -0.2) is 22.2 Å². The average molecular weight is 349 g/mol. The van der Waals surface area contributed by atoms with Gasteiger partial charge in [0.25, 0.3) is 5.91 Å². The molecule has 0 aliphatic carbocycles. The molecule has 0 unspecified atom stereocenters. The highest BCUT2D eigenvalue weighted by atomic mass is 16.3. The maximum Gasteiger partial charge on any atom is 0.287 e. The second-order valence-corrected chi connectivity index (χ2v) is 5.86. The smallest absolute Gasteiger partial charge is 0.287 e. The van der Waals surface area contributed by atoms with E-state index >= 15 is 0 Å². The fraction of sp³-hybridized carbons (Fsp3) is 0.211. The Morgan fingerprint density at radius 3 is 2.77 bits per heavy atom. The number of amides is 1. The Labute approximate surface area is 151 Å². The van der Waals surface area contributed by atoms with Crippen LogP contribution in [-0.2, 0) is 6.42 Å². The van der Waals surface area contributed by atoms with Crippen molar-refractivity contribution in [3.05, 3.63) is 65.2 Å². The third kappa shape index (κ3) is 3.44. The van der Waals surface area contributed by atoms with Crippen molar-refractivity contribution in [1.29, 1.82) is 5.26 Å². The molecule has 0 saturated heterocycles. The van der Waals surface area contributed by atoms with Crippen LogP contribution in [0.4, 0.5) is 5.82 Å². The number of rotatable bonds is 6. The molecule has 2 aromatic heterocycles. The number of aryl methyl sites for hydroxylation is 2. The number of hydrogen-bond acceptors (Lipinski definition) is 5. The number of benzene rings is 1. The molecule has 26 heavy (non-hydrogen) atoms. The number of carbonyl (C=O) groups excluding carboxylic acids is 1. The first kappa shape index (κ1) is 17.3. The molecule has 0 aliphatic heterocycles. The summed E-state index contributed by atoms with van der Waals surface area (Å²) in [6.07, 6.45) is 2.65. The summed E-state index contributed by atoms with van der Waals surface area (Å²) in [5.41, 5.74) is 8.67. The molecule has 3 aromatic rings. The normalized spacial score (nSPS) is 10.5. The molecule has 0 radical (unpaired) electrons. The van der Waals surface area contributed by atoms with Crippen molar-refractivity contribution in [2.75, 3.05) is 12.3 Å². The number of aromatic nitrogens is 2. The van der Waals surface area contributed by atoms with Gasteiger partial charge in [-0.3, -0.25) is 4.79 Å². The van der Waals surface area contributed by atoms with Gasteiger partial charge in [0.1, 0.15) is 17.5 Å². The van der Waals surface area contributed by atoms with Crippen molar-refractivity contribution in [1.82, 2.24) is 15.1 Å². The summed E-state index contributed by atoms with van der Waals surface area (Å²) < 4.78 is 6.73.